The summed E-state index contributed by atoms with van der Waals surface area (Å²) in [7, 11) is 0. The predicted octanol–water partition coefficient (Wildman–Crippen LogP) is 1.14. The lowest BCUT2D eigenvalue weighted by Crippen LogP contribution is -2.10. The molecule has 0 bridgehead atoms. The third kappa shape index (κ3) is 1.85. The second-order valence-corrected chi connectivity index (χ2v) is 3.09. The Labute approximate surface area is 85.9 Å². The van der Waals surface area contributed by atoms with Gasteiger partial charge in [-0.2, -0.15) is 4.98 Å². The lowest BCUT2D eigenvalue weighted by Gasteiger charge is -1.96. The van der Waals surface area contributed by atoms with Crippen LogP contribution in [0.5, 0.6) is 0 Å². The van der Waals surface area contributed by atoms with Gasteiger partial charge in [-0.15, -0.1) is 0 Å². The minimum absolute atomic E-state index is 0.434. The van der Waals surface area contributed by atoms with E-state index < -0.39 is 5.91 Å². The van der Waals surface area contributed by atoms with E-state index in [1.807, 2.05) is 0 Å². The highest BCUT2D eigenvalue weighted by Gasteiger charge is 2.06. The summed E-state index contributed by atoms with van der Waals surface area (Å²) in [5, 5.41) is 3.67. The number of amides is 1. The molecule has 76 valence electrons. The molecule has 1 aromatic heterocycles. The van der Waals surface area contributed by atoms with E-state index >= 15 is 0 Å². The summed E-state index contributed by atoms with van der Waals surface area (Å²) >= 11 is 0. The van der Waals surface area contributed by atoms with E-state index in [0.29, 0.717) is 17.3 Å². The quantitative estimate of drug-likeness (QED) is 0.793. The van der Waals surface area contributed by atoms with Gasteiger partial charge in [-0.25, -0.2) is 0 Å². The minimum Gasteiger partial charge on any atom is -0.366 e. The molecule has 1 aromatic carbocycles. The highest BCUT2D eigenvalue weighted by Crippen LogP contribution is 2.17. The van der Waals surface area contributed by atoms with Gasteiger partial charge in [0, 0.05) is 11.1 Å². The highest BCUT2D eigenvalue weighted by molar-refractivity contribution is 5.93. The van der Waals surface area contributed by atoms with Crippen LogP contribution in [0.3, 0.4) is 0 Å². The van der Waals surface area contributed by atoms with Gasteiger partial charge in [-0.05, 0) is 31.2 Å². The zero-order valence-electron chi connectivity index (χ0n) is 8.10. The zero-order chi connectivity index (χ0) is 10.8. The summed E-state index contributed by atoms with van der Waals surface area (Å²) in [6, 6.07) is 6.68. The van der Waals surface area contributed by atoms with Gasteiger partial charge in [-0.1, -0.05) is 5.16 Å². The van der Waals surface area contributed by atoms with E-state index in [1.165, 1.54) is 0 Å². The molecule has 5 heteroatoms. The number of nitrogens with zero attached hydrogens (tertiary/aromatic N) is 2. The van der Waals surface area contributed by atoms with Crippen molar-refractivity contribution in [1.29, 1.82) is 0 Å². The first-order valence-electron chi connectivity index (χ1n) is 4.37. The molecule has 0 radical (unpaired) electrons. The van der Waals surface area contributed by atoms with Crippen LogP contribution in [0.25, 0.3) is 11.5 Å². The molecule has 0 aliphatic heterocycles. The fraction of sp³-hybridized carbons (Fsp3) is 0.100. The molecule has 15 heavy (non-hydrogen) atoms. The van der Waals surface area contributed by atoms with Crippen LogP contribution in [0, 0.1) is 6.92 Å². The zero-order valence-corrected chi connectivity index (χ0v) is 8.10. The number of carbonyl (C=O) groups excluding carboxylic acids is 1. The first kappa shape index (κ1) is 9.39. The molecule has 2 N–H and O–H groups in total. The molecule has 0 aliphatic rings. The lowest BCUT2D eigenvalue weighted by atomic mass is 10.1. The molecular weight excluding hydrogens is 194 g/mol. The third-order valence-corrected chi connectivity index (χ3v) is 1.94. The number of benzene rings is 1. The molecule has 1 amide bonds. The van der Waals surface area contributed by atoms with Gasteiger partial charge in [0.25, 0.3) is 5.89 Å². The van der Waals surface area contributed by atoms with E-state index in [1.54, 1.807) is 31.2 Å². The van der Waals surface area contributed by atoms with Crippen LogP contribution < -0.4 is 5.73 Å². The Balaban J connectivity index is 2.35. The molecule has 0 spiro atoms. The number of hydrogen-bond acceptors (Lipinski definition) is 4. The van der Waals surface area contributed by atoms with E-state index in [-0.39, 0.29) is 0 Å². The highest BCUT2D eigenvalue weighted by atomic mass is 16.5. The van der Waals surface area contributed by atoms with Gasteiger partial charge in [0.2, 0.25) is 5.91 Å². The summed E-state index contributed by atoms with van der Waals surface area (Å²) < 4.78 is 4.97. The van der Waals surface area contributed by atoms with Gasteiger partial charge in [0.15, 0.2) is 5.82 Å². The van der Waals surface area contributed by atoms with Crippen molar-refractivity contribution in [2.24, 2.45) is 5.73 Å². The van der Waals surface area contributed by atoms with Crippen molar-refractivity contribution >= 4 is 5.91 Å². The normalized spacial score (nSPS) is 10.2. The third-order valence-electron chi connectivity index (χ3n) is 1.94. The molecule has 0 unspecified atom stereocenters. The standard InChI is InChI=1S/C10H9N3O2/c1-6-12-10(15-13-6)8-4-2-7(3-5-8)9(11)14/h2-5H,1H3,(H2,11,14). The van der Waals surface area contributed by atoms with Crippen LogP contribution in [0.4, 0.5) is 0 Å². The Morgan fingerprint density at radius 2 is 2.00 bits per heavy atom. The van der Waals surface area contributed by atoms with Crippen LogP contribution in [0.15, 0.2) is 28.8 Å². The van der Waals surface area contributed by atoms with Crippen LogP contribution >= 0.6 is 0 Å². The molecule has 5 nitrogen and oxygen atoms in total. The molecule has 1 heterocycles. The molecule has 2 rings (SSSR count). The summed E-state index contributed by atoms with van der Waals surface area (Å²) in [5.41, 5.74) is 6.33. The number of rotatable bonds is 2. The maximum Gasteiger partial charge on any atom is 0.257 e. The smallest absolute Gasteiger partial charge is 0.257 e. The molecule has 0 atom stereocenters. The number of primary amides is 1. The van der Waals surface area contributed by atoms with E-state index in [2.05, 4.69) is 10.1 Å². The fourth-order valence-corrected chi connectivity index (χ4v) is 1.19. The Morgan fingerprint density at radius 3 is 2.47 bits per heavy atom. The summed E-state index contributed by atoms with van der Waals surface area (Å²) in [4.78, 5) is 14.9. The molecule has 0 saturated heterocycles. The van der Waals surface area contributed by atoms with Crippen molar-refractivity contribution in [3.05, 3.63) is 35.7 Å². The number of hydrogen-bond donors (Lipinski definition) is 1. The average molecular weight is 203 g/mol. The number of nitrogens with two attached hydrogens (primary N) is 1. The van der Waals surface area contributed by atoms with Crippen molar-refractivity contribution in [3.8, 4) is 11.5 Å². The van der Waals surface area contributed by atoms with Crippen LogP contribution in [0.2, 0.25) is 0 Å². The van der Waals surface area contributed by atoms with E-state index in [0.717, 1.165) is 5.56 Å². The second-order valence-electron chi connectivity index (χ2n) is 3.09. The van der Waals surface area contributed by atoms with Crippen molar-refractivity contribution in [3.63, 3.8) is 0 Å². The van der Waals surface area contributed by atoms with Gasteiger partial charge in [0.05, 0.1) is 0 Å². The summed E-state index contributed by atoms with van der Waals surface area (Å²) in [6.07, 6.45) is 0. The number of aryl methyl sites for hydroxylation is 1. The molecule has 0 saturated carbocycles. The van der Waals surface area contributed by atoms with E-state index in [9.17, 15) is 4.79 Å². The molecule has 0 aliphatic carbocycles. The van der Waals surface area contributed by atoms with Crippen LogP contribution in [-0.4, -0.2) is 16.0 Å². The maximum absolute atomic E-state index is 10.8. The maximum atomic E-state index is 10.8. The Kier molecular flexibility index (Phi) is 2.21. The van der Waals surface area contributed by atoms with Crippen molar-refractivity contribution in [2.45, 2.75) is 6.92 Å². The van der Waals surface area contributed by atoms with Gasteiger partial charge < -0.3 is 10.3 Å². The predicted molar refractivity (Wildman–Crippen MR) is 53.0 cm³/mol. The second kappa shape index (κ2) is 3.53. The summed E-state index contributed by atoms with van der Waals surface area (Å²) in [5.74, 6) is 0.552. The monoisotopic (exact) mass is 203 g/mol. The molecule has 2 aromatic rings. The Hall–Kier alpha value is -2.17. The largest absolute Gasteiger partial charge is 0.366 e. The Morgan fingerprint density at radius 1 is 1.33 bits per heavy atom. The molecule has 0 fully saturated rings. The number of carbonyl (C=O) groups is 1. The first-order chi connectivity index (χ1) is 7.16. The van der Waals surface area contributed by atoms with Gasteiger partial charge in [-0.3, -0.25) is 4.79 Å². The van der Waals surface area contributed by atoms with E-state index in [4.69, 9.17) is 10.3 Å². The SMILES string of the molecule is Cc1noc(-c2ccc(C(N)=O)cc2)n1. The molecular formula is C10H9N3O2. The van der Waals surface area contributed by atoms with Crippen LogP contribution in [-0.2, 0) is 0 Å². The van der Waals surface area contributed by atoms with Crippen LogP contribution in [0.1, 0.15) is 16.2 Å². The minimum atomic E-state index is -0.455. The van der Waals surface area contributed by atoms with Gasteiger partial charge in [0.1, 0.15) is 0 Å². The first-order valence-corrected chi connectivity index (χ1v) is 4.37. The van der Waals surface area contributed by atoms with Crippen molar-refractivity contribution in [1.82, 2.24) is 10.1 Å². The topological polar surface area (TPSA) is 82.0 Å². The van der Waals surface area contributed by atoms with Gasteiger partial charge >= 0.3 is 0 Å². The van der Waals surface area contributed by atoms with Crippen molar-refractivity contribution < 1.29 is 9.32 Å². The fourth-order valence-electron chi connectivity index (χ4n) is 1.19. The average Bonchev–Trinajstić information content (AvgIpc) is 2.65. The Bertz CT molecular complexity index is 488. The lowest BCUT2D eigenvalue weighted by molar-refractivity contribution is 0.100. The van der Waals surface area contributed by atoms with Crippen molar-refractivity contribution in [2.75, 3.05) is 0 Å². The number of aromatic nitrogens is 2. The summed E-state index contributed by atoms with van der Waals surface area (Å²) in [6.45, 7) is 1.74.